The molecule has 1 aromatic carbocycles. The van der Waals surface area contributed by atoms with E-state index in [0.717, 1.165) is 4.90 Å². The molecule has 0 bridgehead atoms. The lowest BCUT2D eigenvalue weighted by molar-refractivity contribution is 0.350. The molecular formula is C11H9F4NO. The third-order valence-electron chi connectivity index (χ3n) is 1.98. The Hall–Kier alpha value is -1.74. The molecule has 92 valence electrons. The van der Waals surface area contributed by atoms with Crippen LogP contribution < -0.4 is 4.90 Å². The van der Waals surface area contributed by atoms with Crippen LogP contribution >= 0.6 is 0 Å². The van der Waals surface area contributed by atoms with Crippen molar-refractivity contribution in [2.45, 2.75) is 0 Å². The first-order valence-corrected chi connectivity index (χ1v) is 4.54. The molecule has 0 fully saturated rings. The van der Waals surface area contributed by atoms with E-state index >= 15 is 0 Å². The van der Waals surface area contributed by atoms with E-state index in [1.807, 2.05) is 11.8 Å². The summed E-state index contributed by atoms with van der Waals surface area (Å²) in [5.74, 6) is -2.43. The molecule has 0 unspecified atom stereocenters. The van der Waals surface area contributed by atoms with Gasteiger partial charge in [0.15, 0.2) is 23.3 Å². The maximum absolute atomic E-state index is 13.4. The summed E-state index contributed by atoms with van der Waals surface area (Å²) in [5, 5.41) is 8.38. The van der Waals surface area contributed by atoms with Gasteiger partial charge in [0.25, 0.3) is 0 Å². The number of anilines is 1. The van der Waals surface area contributed by atoms with E-state index in [9.17, 15) is 17.6 Å². The highest BCUT2D eigenvalue weighted by atomic mass is 19.2. The predicted molar refractivity (Wildman–Crippen MR) is 54.6 cm³/mol. The van der Waals surface area contributed by atoms with Crippen molar-refractivity contribution in [2.75, 3.05) is 25.6 Å². The van der Waals surface area contributed by atoms with Gasteiger partial charge in [-0.05, 0) is 0 Å². The molecule has 0 heterocycles. The molecule has 0 radical (unpaired) electrons. The van der Waals surface area contributed by atoms with Crippen molar-refractivity contribution in [1.29, 1.82) is 0 Å². The highest BCUT2D eigenvalue weighted by Crippen LogP contribution is 2.29. The van der Waals surface area contributed by atoms with Crippen LogP contribution in [0.5, 0.6) is 0 Å². The molecule has 0 aliphatic heterocycles. The first-order chi connectivity index (χ1) is 7.91. The number of hydrogen-bond donors (Lipinski definition) is 1. The summed E-state index contributed by atoms with van der Waals surface area (Å²) in [7, 11) is 2.50. The quantitative estimate of drug-likeness (QED) is 0.463. The fraction of sp³-hybridized carbons (Fsp3) is 0.273. The molecule has 0 aliphatic carbocycles. The van der Waals surface area contributed by atoms with Crippen molar-refractivity contribution in [3.8, 4) is 11.8 Å². The molecule has 2 nitrogen and oxygen atoms in total. The lowest BCUT2D eigenvalue weighted by Gasteiger charge is -2.16. The topological polar surface area (TPSA) is 23.5 Å². The lowest BCUT2D eigenvalue weighted by atomic mass is 10.1. The molecule has 1 aromatic rings. The van der Waals surface area contributed by atoms with Crippen LogP contribution in [0.15, 0.2) is 0 Å². The number of aliphatic hydroxyl groups excluding tert-OH is 1. The first-order valence-electron chi connectivity index (χ1n) is 4.54. The Morgan fingerprint density at radius 3 is 1.82 bits per heavy atom. The van der Waals surface area contributed by atoms with Gasteiger partial charge in [-0.3, -0.25) is 0 Å². The molecule has 0 saturated carbocycles. The normalized spacial score (nSPS) is 9.82. The van der Waals surface area contributed by atoms with Gasteiger partial charge in [-0.2, -0.15) is 0 Å². The van der Waals surface area contributed by atoms with E-state index < -0.39 is 41.1 Å². The van der Waals surface area contributed by atoms with Gasteiger partial charge >= 0.3 is 0 Å². The van der Waals surface area contributed by atoms with E-state index in [-0.39, 0.29) is 0 Å². The van der Waals surface area contributed by atoms with Gasteiger partial charge in [-0.15, -0.1) is 0 Å². The van der Waals surface area contributed by atoms with Gasteiger partial charge in [-0.1, -0.05) is 11.8 Å². The summed E-state index contributed by atoms with van der Waals surface area (Å²) in [6.45, 7) is -0.669. The predicted octanol–water partition coefficient (Wildman–Crippen LogP) is 1.65. The van der Waals surface area contributed by atoms with E-state index in [1.54, 1.807) is 0 Å². The van der Waals surface area contributed by atoms with Crippen molar-refractivity contribution in [3.05, 3.63) is 28.8 Å². The van der Waals surface area contributed by atoms with E-state index in [0.29, 0.717) is 0 Å². The smallest absolute Gasteiger partial charge is 0.186 e. The van der Waals surface area contributed by atoms with Crippen molar-refractivity contribution in [1.82, 2.24) is 0 Å². The fourth-order valence-electron chi connectivity index (χ4n) is 1.25. The number of benzene rings is 1. The highest BCUT2D eigenvalue weighted by molar-refractivity contribution is 5.54. The molecule has 0 spiro atoms. The van der Waals surface area contributed by atoms with Crippen LogP contribution in [0.1, 0.15) is 5.56 Å². The molecule has 0 amide bonds. The van der Waals surface area contributed by atoms with Crippen LogP contribution in [-0.4, -0.2) is 25.8 Å². The third-order valence-corrected chi connectivity index (χ3v) is 1.98. The zero-order chi connectivity index (χ0) is 13.2. The summed E-state index contributed by atoms with van der Waals surface area (Å²) < 4.78 is 53.6. The van der Waals surface area contributed by atoms with Gasteiger partial charge in [-0.25, -0.2) is 17.6 Å². The Balaban J connectivity index is 3.58. The molecule has 0 aromatic heterocycles. The fourth-order valence-corrected chi connectivity index (χ4v) is 1.25. The molecular weight excluding hydrogens is 238 g/mol. The maximum Gasteiger partial charge on any atom is 0.186 e. The second-order valence-corrected chi connectivity index (χ2v) is 3.33. The van der Waals surface area contributed by atoms with Crippen molar-refractivity contribution in [3.63, 3.8) is 0 Å². The lowest BCUT2D eigenvalue weighted by Crippen LogP contribution is -2.16. The highest BCUT2D eigenvalue weighted by Gasteiger charge is 2.25. The molecule has 0 aliphatic rings. The minimum Gasteiger partial charge on any atom is -0.384 e. The third kappa shape index (κ3) is 2.34. The van der Waals surface area contributed by atoms with E-state index in [2.05, 4.69) is 0 Å². The van der Waals surface area contributed by atoms with Crippen LogP contribution in [0.2, 0.25) is 0 Å². The molecule has 1 rings (SSSR count). The molecule has 1 N–H and O–H groups in total. The van der Waals surface area contributed by atoms with Crippen LogP contribution in [0.3, 0.4) is 0 Å². The average molecular weight is 247 g/mol. The van der Waals surface area contributed by atoms with E-state index in [1.165, 1.54) is 14.1 Å². The second-order valence-electron chi connectivity index (χ2n) is 3.33. The number of nitrogens with zero attached hydrogens (tertiary/aromatic N) is 1. The van der Waals surface area contributed by atoms with Crippen molar-refractivity contribution < 1.29 is 22.7 Å². The molecule has 17 heavy (non-hydrogen) atoms. The molecule has 0 saturated heterocycles. The van der Waals surface area contributed by atoms with Crippen LogP contribution in [0.4, 0.5) is 23.2 Å². The molecule has 6 heteroatoms. The minimum absolute atomic E-state index is 0.669. The average Bonchev–Trinajstić information content (AvgIpc) is 2.26. The Kier molecular flexibility index (Phi) is 3.97. The van der Waals surface area contributed by atoms with Crippen LogP contribution in [-0.2, 0) is 0 Å². The van der Waals surface area contributed by atoms with Crippen LogP contribution in [0.25, 0.3) is 0 Å². The van der Waals surface area contributed by atoms with Crippen LogP contribution in [0, 0.1) is 35.1 Å². The summed E-state index contributed by atoms with van der Waals surface area (Å²) in [6.07, 6.45) is 0. The first kappa shape index (κ1) is 13.3. The van der Waals surface area contributed by atoms with Crippen molar-refractivity contribution in [2.24, 2.45) is 0 Å². The summed E-state index contributed by atoms with van der Waals surface area (Å²) in [6, 6.07) is 0. The number of halogens is 4. The van der Waals surface area contributed by atoms with Gasteiger partial charge in [0, 0.05) is 14.1 Å². The second kappa shape index (κ2) is 5.06. The Morgan fingerprint density at radius 1 is 1.00 bits per heavy atom. The van der Waals surface area contributed by atoms with Gasteiger partial charge in [0.05, 0.1) is 0 Å². The monoisotopic (exact) mass is 247 g/mol. The Bertz CT molecular complexity index is 473. The summed E-state index contributed by atoms with van der Waals surface area (Å²) >= 11 is 0. The minimum atomic E-state index is -1.58. The number of rotatable bonds is 1. The largest absolute Gasteiger partial charge is 0.384 e. The maximum atomic E-state index is 13.4. The standard InChI is InChI=1S/C11H9F4NO/c1-16(2)11-9(14)7(12)6(4-3-5-17)8(13)10(11)15/h17H,5H2,1-2H3. The molecule has 0 atom stereocenters. The zero-order valence-electron chi connectivity index (χ0n) is 9.11. The summed E-state index contributed by atoms with van der Waals surface area (Å²) in [4.78, 5) is 0.917. The van der Waals surface area contributed by atoms with Crippen molar-refractivity contribution >= 4 is 5.69 Å². The Labute approximate surface area is 95.5 Å². The number of aliphatic hydroxyl groups is 1. The zero-order valence-corrected chi connectivity index (χ0v) is 9.11. The SMILES string of the molecule is CN(C)c1c(F)c(F)c(C#CCO)c(F)c1F. The van der Waals surface area contributed by atoms with Gasteiger partial charge < -0.3 is 10.0 Å². The summed E-state index contributed by atoms with van der Waals surface area (Å²) in [5.41, 5.74) is -1.84. The Morgan fingerprint density at radius 2 is 1.47 bits per heavy atom. The van der Waals surface area contributed by atoms with Gasteiger partial charge in [0.2, 0.25) is 0 Å². The van der Waals surface area contributed by atoms with E-state index in [4.69, 9.17) is 5.11 Å². The van der Waals surface area contributed by atoms with Gasteiger partial charge in [0.1, 0.15) is 17.9 Å². The number of hydrogen-bond acceptors (Lipinski definition) is 2.